The number of aromatic nitrogens is 4. The third-order valence-electron chi connectivity index (χ3n) is 4.91. The van der Waals surface area contributed by atoms with E-state index in [0.29, 0.717) is 22.6 Å². The molecule has 0 fully saturated rings. The first-order valence-corrected chi connectivity index (χ1v) is 9.27. The van der Waals surface area contributed by atoms with Gasteiger partial charge in [-0.15, -0.1) is 0 Å². The van der Waals surface area contributed by atoms with E-state index in [0.717, 1.165) is 0 Å². The Balaban J connectivity index is 1.92. The number of benzene rings is 2. The molecule has 0 saturated carbocycles. The fourth-order valence-corrected chi connectivity index (χ4v) is 3.41. The Kier molecular flexibility index (Phi) is 5.35. The minimum absolute atomic E-state index is 0.0292. The van der Waals surface area contributed by atoms with E-state index in [1.807, 2.05) is 0 Å². The van der Waals surface area contributed by atoms with Gasteiger partial charge in [0.1, 0.15) is 23.2 Å². The molecule has 1 aliphatic heterocycles. The molecule has 10 nitrogen and oxygen atoms in total. The topological polar surface area (TPSA) is 117 Å². The Hall–Kier alpha value is -4.21. The number of rotatable bonds is 6. The average molecular weight is 421 g/mol. The first kappa shape index (κ1) is 20.1. The van der Waals surface area contributed by atoms with Gasteiger partial charge in [0.2, 0.25) is 5.95 Å². The smallest absolute Gasteiger partial charge is 0.355 e. The molecular weight excluding hydrogens is 402 g/mol. The van der Waals surface area contributed by atoms with E-state index in [-0.39, 0.29) is 23.0 Å². The van der Waals surface area contributed by atoms with Gasteiger partial charge in [0.25, 0.3) is 0 Å². The molecule has 4 rings (SSSR count). The highest BCUT2D eigenvalue weighted by atomic mass is 16.5. The van der Waals surface area contributed by atoms with Crippen molar-refractivity contribution in [2.75, 3.05) is 26.6 Å². The summed E-state index contributed by atoms with van der Waals surface area (Å²) in [6.45, 7) is 0. The molecule has 0 spiro atoms. The zero-order valence-corrected chi connectivity index (χ0v) is 17.0. The highest BCUT2D eigenvalue weighted by molar-refractivity contribution is 6.15. The van der Waals surface area contributed by atoms with Gasteiger partial charge in [0.15, 0.2) is 5.78 Å². The van der Waals surface area contributed by atoms with E-state index >= 15 is 0 Å². The van der Waals surface area contributed by atoms with Crippen LogP contribution >= 0.6 is 0 Å². The summed E-state index contributed by atoms with van der Waals surface area (Å²) in [7, 11) is 4.32. The highest BCUT2D eigenvalue weighted by Gasteiger charge is 2.38. The van der Waals surface area contributed by atoms with Crippen molar-refractivity contribution in [1.82, 2.24) is 20.2 Å². The number of ketones is 1. The van der Waals surface area contributed by atoms with Gasteiger partial charge in [-0.3, -0.25) is 4.79 Å². The molecule has 31 heavy (non-hydrogen) atoms. The van der Waals surface area contributed by atoms with Crippen molar-refractivity contribution in [3.63, 3.8) is 0 Å². The number of nitrogens with zero attached hydrogens (tertiary/aromatic N) is 4. The highest BCUT2D eigenvalue weighted by Crippen LogP contribution is 2.37. The number of Topliss-reactive ketones (excluding diaryl/α,β-unsaturated/α-hetero) is 1. The zero-order chi connectivity index (χ0) is 22.0. The second-order valence-electron chi connectivity index (χ2n) is 6.59. The number of esters is 1. The minimum Gasteiger partial charge on any atom is -0.497 e. The standard InChI is InChI=1S/C21H19N5O5/c1-29-14-9-7-12(8-10-14)19(27)16-17(20(28)31-3)22-21-23-24-25-26(21)18(16)13-5-4-6-15(11-13)30-2/h4-11,18H,1-3H3,(H,22,23,25)/t18-/m0/s1. The van der Waals surface area contributed by atoms with E-state index in [4.69, 9.17) is 14.2 Å². The molecule has 0 saturated heterocycles. The molecule has 0 radical (unpaired) electrons. The van der Waals surface area contributed by atoms with Crippen LogP contribution in [0.25, 0.3) is 0 Å². The molecule has 1 atom stereocenters. The van der Waals surface area contributed by atoms with Crippen LogP contribution in [0, 0.1) is 0 Å². The van der Waals surface area contributed by atoms with Crippen LogP contribution in [0.5, 0.6) is 11.5 Å². The van der Waals surface area contributed by atoms with Gasteiger partial charge in [-0.05, 0) is 52.4 Å². The summed E-state index contributed by atoms with van der Waals surface area (Å²) in [5.41, 5.74) is 1.14. The molecule has 10 heteroatoms. The van der Waals surface area contributed by atoms with Crippen molar-refractivity contribution in [2.24, 2.45) is 0 Å². The lowest BCUT2D eigenvalue weighted by atomic mass is 9.89. The van der Waals surface area contributed by atoms with Gasteiger partial charge in [-0.1, -0.05) is 17.2 Å². The Bertz CT molecular complexity index is 1170. The van der Waals surface area contributed by atoms with Gasteiger partial charge in [0, 0.05) is 5.56 Å². The number of ether oxygens (including phenoxy) is 3. The number of hydrogen-bond acceptors (Lipinski definition) is 9. The SMILES string of the molecule is COC(=O)C1=C(C(=O)c2ccc(OC)cc2)[C@H](c2cccc(OC)c2)n2nnnc2N1. The van der Waals surface area contributed by atoms with Crippen LogP contribution in [0.3, 0.4) is 0 Å². The first-order chi connectivity index (χ1) is 15.1. The summed E-state index contributed by atoms with van der Waals surface area (Å²) in [6, 6.07) is 12.9. The minimum atomic E-state index is -0.787. The van der Waals surface area contributed by atoms with Gasteiger partial charge in [0.05, 0.1) is 26.9 Å². The van der Waals surface area contributed by atoms with Crippen LogP contribution in [-0.2, 0) is 9.53 Å². The molecule has 1 aromatic heterocycles. The number of tetrazole rings is 1. The summed E-state index contributed by atoms with van der Waals surface area (Å²) < 4.78 is 16.9. The van der Waals surface area contributed by atoms with E-state index in [9.17, 15) is 9.59 Å². The Morgan fingerprint density at radius 3 is 2.42 bits per heavy atom. The largest absolute Gasteiger partial charge is 0.497 e. The summed E-state index contributed by atoms with van der Waals surface area (Å²) >= 11 is 0. The van der Waals surface area contributed by atoms with Crippen molar-refractivity contribution in [3.8, 4) is 11.5 Å². The van der Waals surface area contributed by atoms with E-state index < -0.39 is 12.0 Å². The van der Waals surface area contributed by atoms with Crippen molar-refractivity contribution in [2.45, 2.75) is 6.04 Å². The third-order valence-corrected chi connectivity index (χ3v) is 4.91. The molecule has 0 bridgehead atoms. The maximum atomic E-state index is 13.6. The fraction of sp³-hybridized carbons (Fsp3) is 0.190. The Labute approximate surface area is 177 Å². The molecule has 3 aromatic rings. The van der Waals surface area contributed by atoms with Gasteiger partial charge in [-0.25, -0.2) is 4.79 Å². The molecule has 0 unspecified atom stereocenters. The average Bonchev–Trinajstić information content (AvgIpc) is 3.30. The predicted octanol–water partition coefficient (Wildman–Crippen LogP) is 2.02. The lowest BCUT2D eigenvalue weighted by Gasteiger charge is -2.28. The van der Waals surface area contributed by atoms with E-state index in [1.54, 1.807) is 55.6 Å². The normalized spacial score (nSPS) is 15.0. The number of methoxy groups -OCH3 is 3. The molecule has 0 aliphatic carbocycles. The Morgan fingerprint density at radius 1 is 1.00 bits per heavy atom. The monoisotopic (exact) mass is 421 g/mol. The molecule has 2 aromatic carbocycles. The quantitative estimate of drug-likeness (QED) is 0.471. The lowest BCUT2D eigenvalue weighted by Crippen LogP contribution is -2.33. The molecular formula is C21H19N5O5. The Morgan fingerprint density at radius 2 is 1.74 bits per heavy atom. The van der Waals surface area contributed by atoms with Crippen LogP contribution in [0.2, 0.25) is 0 Å². The molecule has 0 amide bonds. The van der Waals surface area contributed by atoms with Crippen LogP contribution < -0.4 is 14.8 Å². The zero-order valence-electron chi connectivity index (χ0n) is 17.0. The summed E-state index contributed by atoms with van der Waals surface area (Å²) in [6.07, 6.45) is 0. The van der Waals surface area contributed by atoms with Gasteiger partial charge < -0.3 is 19.5 Å². The number of allylic oxidation sites excluding steroid dienone is 1. The molecule has 1 N–H and O–H groups in total. The molecule has 2 heterocycles. The number of carbonyl (C=O) groups excluding carboxylic acids is 2. The second kappa shape index (κ2) is 8.27. The second-order valence-corrected chi connectivity index (χ2v) is 6.59. The van der Waals surface area contributed by atoms with Crippen molar-refractivity contribution in [1.29, 1.82) is 0 Å². The van der Waals surface area contributed by atoms with Crippen molar-refractivity contribution < 1.29 is 23.8 Å². The van der Waals surface area contributed by atoms with E-state index in [1.165, 1.54) is 18.9 Å². The number of hydrogen-bond donors (Lipinski definition) is 1. The number of anilines is 1. The van der Waals surface area contributed by atoms with Crippen LogP contribution in [0.4, 0.5) is 5.95 Å². The molecule has 158 valence electrons. The fourth-order valence-electron chi connectivity index (χ4n) is 3.41. The van der Waals surface area contributed by atoms with Crippen molar-refractivity contribution in [3.05, 3.63) is 70.9 Å². The lowest BCUT2D eigenvalue weighted by molar-refractivity contribution is -0.136. The van der Waals surface area contributed by atoms with E-state index in [2.05, 4.69) is 20.8 Å². The number of nitrogens with one attached hydrogen (secondary N) is 1. The third kappa shape index (κ3) is 3.59. The maximum Gasteiger partial charge on any atom is 0.355 e. The first-order valence-electron chi connectivity index (χ1n) is 9.27. The van der Waals surface area contributed by atoms with Gasteiger partial charge in [-0.2, -0.15) is 4.68 Å². The van der Waals surface area contributed by atoms with Crippen LogP contribution in [0.15, 0.2) is 59.8 Å². The predicted molar refractivity (Wildman–Crippen MR) is 109 cm³/mol. The number of fused-ring (bicyclic) bond motifs is 1. The van der Waals surface area contributed by atoms with Crippen LogP contribution in [-0.4, -0.2) is 53.3 Å². The number of carbonyl (C=O) groups is 2. The summed E-state index contributed by atoms with van der Waals surface area (Å²) in [5, 5.41) is 14.5. The molecule has 1 aliphatic rings. The summed E-state index contributed by atoms with van der Waals surface area (Å²) in [5.74, 6) is 0.303. The van der Waals surface area contributed by atoms with Crippen LogP contribution in [0.1, 0.15) is 22.0 Å². The van der Waals surface area contributed by atoms with Gasteiger partial charge >= 0.3 is 5.97 Å². The summed E-state index contributed by atoms with van der Waals surface area (Å²) in [4.78, 5) is 26.3. The van der Waals surface area contributed by atoms with Crippen molar-refractivity contribution >= 4 is 17.7 Å². The maximum absolute atomic E-state index is 13.6.